The van der Waals surface area contributed by atoms with Crippen molar-refractivity contribution in [1.82, 2.24) is 0 Å². The average molecular weight is 413 g/mol. The van der Waals surface area contributed by atoms with Crippen molar-refractivity contribution >= 4 is 46.8 Å². The Morgan fingerprint density at radius 1 is 0.760 bits per heavy atom. The summed E-state index contributed by atoms with van der Waals surface area (Å²) in [5.74, 6) is 0. The molecule has 0 bridgehead atoms. The number of rotatable bonds is 4. The van der Waals surface area contributed by atoms with Crippen LogP contribution in [0.15, 0.2) is 39.0 Å². The number of nitro benzene ring substituents is 1. The fourth-order valence-corrected chi connectivity index (χ4v) is 4.04. The number of nitro groups is 1. The van der Waals surface area contributed by atoms with Gasteiger partial charge in [-0.1, -0.05) is 0 Å². The maximum absolute atomic E-state index is 11.4. The summed E-state index contributed by atoms with van der Waals surface area (Å²) >= 11 is 0. The van der Waals surface area contributed by atoms with Crippen LogP contribution >= 0.6 is 0 Å². The second kappa shape index (κ2) is 5.68. The van der Waals surface area contributed by atoms with Crippen molar-refractivity contribution in [3.63, 3.8) is 0 Å². The second-order valence-corrected chi connectivity index (χ2v) is 8.85. The lowest BCUT2D eigenvalue weighted by Crippen LogP contribution is -2.07. The van der Waals surface area contributed by atoms with E-state index in [4.69, 9.17) is 9.11 Å². The lowest BCUT2D eigenvalue weighted by molar-refractivity contribution is -0.387. The van der Waals surface area contributed by atoms with Crippen LogP contribution in [0.25, 0.3) is 10.8 Å². The first-order valence-corrected chi connectivity index (χ1v) is 10.1. The predicted octanol–water partition coefficient (Wildman–Crippen LogP) is 0.488. The predicted molar refractivity (Wildman–Crippen MR) is 80.0 cm³/mol. The van der Waals surface area contributed by atoms with Gasteiger partial charge in [-0.05, 0) is 23.6 Å². The van der Waals surface area contributed by atoms with E-state index < -0.39 is 66.4 Å². The first-order chi connectivity index (χ1) is 11.1. The molecule has 2 aromatic rings. The van der Waals surface area contributed by atoms with E-state index in [0.29, 0.717) is 24.3 Å². The van der Waals surface area contributed by atoms with Gasteiger partial charge in [0, 0.05) is 11.5 Å². The monoisotopic (exact) mass is 413 g/mol. The lowest BCUT2D eigenvalue weighted by Gasteiger charge is -2.09. The smallest absolute Gasteiger partial charge is 0.282 e. The standard InChI is InChI=1S/C10H7NO11S3/c12-11(13)8-2-5-1-6(23(14,15)16)3-9(24(17,18)19)7(5)4-10(8)25(20,21)22/h1-4H,(H,14,15,16)(H,17,18,19)(H,20,21,22). The van der Waals surface area contributed by atoms with Crippen LogP contribution in [0.5, 0.6) is 0 Å². The van der Waals surface area contributed by atoms with Gasteiger partial charge in [-0.3, -0.25) is 23.8 Å². The first kappa shape index (κ1) is 19.2. The highest BCUT2D eigenvalue weighted by Crippen LogP contribution is 2.34. The van der Waals surface area contributed by atoms with Crippen LogP contribution in [0.4, 0.5) is 5.69 Å². The third-order valence-electron chi connectivity index (χ3n) is 3.02. The first-order valence-electron chi connectivity index (χ1n) is 5.81. The van der Waals surface area contributed by atoms with E-state index in [1.165, 1.54) is 0 Å². The highest BCUT2D eigenvalue weighted by Gasteiger charge is 2.28. The summed E-state index contributed by atoms with van der Waals surface area (Å²) in [6, 6.07) is 1.81. The van der Waals surface area contributed by atoms with Crippen LogP contribution in [0.1, 0.15) is 0 Å². The van der Waals surface area contributed by atoms with Crippen LogP contribution in [-0.4, -0.2) is 43.8 Å². The number of fused-ring (bicyclic) bond motifs is 1. The SMILES string of the molecule is O=[N+]([O-])c1cc2cc(S(=O)(=O)O)cc(S(=O)(=O)O)c2cc1S(=O)(=O)O. The van der Waals surface area contributed by atoms with Crippen LogP contribution in [0.2, 0.25) is 0 Å². The van der Waals surface area contributed by atoms with Crippen LogP contribution in [0, 0.1) is 10.1 Å². The van der Waals surface area contributed by atoms with Crippen molar-refractivity contribution in [3.05, 3.63) is 34.4 Å². The summed E-state index contributed by atoms with van der Waals surface area (Å²) in [5, 5.41) is 9.84. The third kappa shape index (κ3) is 3.75. The summed E-state index contributed by atoms with van der Waals surface area (Å²) in [7, 11) is -15.2. The van der Waals surface area contributed by atoms with Crippen LogP contribution in [0.3, 0.4) is 0 Å². The topological polar surface area (TPSA) is 206 Å². The quantitative estimate of drug-likeness (QED) is 0.357. The number of hydrogen-bond acceptors (Lipinski definition) is 8. The fraction of sp³-hybridized carbons (Fsp3) is 0. The van der Waals surface area contributed by atoms with Gasteiger partial charge in [-0.2, -0.15) is 25.3 Å². The Morgan fingerprint density at radius 2 is 1.28 bits per heavy atom. The number of nitrogens with zero attached hydrogens (tertiary/aromatic N) is 1. The molecule has 0 saturated carbocycles. The van der Waals surface area contributed by atoms with Gasteiger partial charge in [0.15, 0.2) is 4.90 Å². The number of hydrogen-bond donors (Lipinski definition) is 3. The Hall–Kier alpha value is -2.17. The van der Waals surface area contributed by atoms with Crippen LogP contribution < -0.4 is 0 Å². The molecule has 0 aliphatic carbocycles. The van der Waals surface area contributed by atoms with Crippen molar-refractivity contribution < 1.29 is 43.8 Å². The largest absolute Gasteiger partial charge is 0.301 e. The molecule has 0 fully saturated rings. The molecule has 25 heavy (non-hydrogen) atoms. The Morgan fingerprint density at radius 3 is 1.68 bits per heavy atom. The summed E-state index contributed by atoms with van der Waals surface area (Å²) in [6.07, 6.45) is 0. The van der Waals surface area contributed by atoms with Crippen LogP contribution in [-0.2, 0) is 30.4 Å². The Bertz CT molecular complexity index is 1230. The van der Waals surface area contributed by atoms with Crippen molar-refractivity contribution in [3.8, 4) is 0 Å². The van der Waals surface area contributed by atoms with E-state index >= 15 is 0 Å². The zero-order valence-corrected chi connectivity index (χ0v) is 14.0. The van der Waals surface area contributed by atoms with Gasteiger partial charge in [0.05, 0.1) is 9.82 Å². The molecule has 2 aromatic carbocycles. The number of benzene rings is 2. The molecule has 12 nitrogen and oxygen atoms in total. The molecule has 0 unspecified atom stereocenters. The molecule has 0 saturated heterocycles. The lowest BCUT2D eigenvalue weighted by atomic mass is 10.1. The van der Waals surface area contributed by atoms with E-state index in [1.807, 2.05) is 0 Å². The molecule has 0 aromatic heterocycles. The molecule has 0 atom stereocenters. The van der Waals surface area contributed by atoms with E-state index in [-0.39, 0.29) is 0 Å². The van der Waals surface area contributed by atoms with Crippen molar-refractivity contribution in [1.29, 1.82) is 0 Å². The van der Waals surface area contributed by atoms with E-state index in [2.05, 4.69) is 0 Å². The van der Waals surface area contributed by atoms with Crippen molar-refractivity contribution in [2.45, 2.75) is 14.7 Å². The van der Waals surface area contributed by atoms with Gasteiger partial charge in [-0.15, -0.1) is 0 Å². The molecule has 15 heteroatoms. The second-order valence-electron chi connectivity index (χ2n) is 4.64. The van der Waals surface area contributed by atoms with Crippen molar-refractivity contribution in [2.75, 3.05) is 0 Å². The average Bonchev–Trinajstić information content (AvgIpc) is 2.41. The summed E-state index contributed by atoms with van der Waals surface area (Å²) in [4.78, 5) is 6.34. The van der Waals surface area contributed by atoms with Gasteiger partial charge >= 0.3 is 10.1 Å². The highest BCUT2D eigenvalue weighted by molar-refractivity contribution is 7.87. The summed E-state index contributed by atoms with van der Waals surface area (Å²) in [5.41, 5.74) is -1.18. The molecular formula is C10H7NO11S3. The van der Waals surface area contributed by atoms with Gasteiger partial charge in [0.2, 0.25) is 0 Å². The van der Waals surface area contributed by atoms with Gasteiger partial charge < -0.3 is 0 Å². The van der Waals surface area contributed by atoms with E-state index in [0.717, 1.165) is 0 Å². The molecule has 0 amide bonds. The molecule has 0 aliphatic rings. The molecule has 0 spiro atoms. The Balaban J connectivity index is 3.17. The molecule has 0 aliphatic heterocycles. The van der Waals surface area contributed by atoms with E-state index in [1.54, 1.807) is 0 Å². The Kier molecular flexibility index (Phi) is 4.35. The van der Waals surface area contributed by atoms with Gasteiger partial charge in [0.1, 0.15) is 4.90 Å². The molecule has 3 N–H and O–H groups in total. The minimum atomic E-state index is -5.16. The fourth-order valence-electron chi connectivity index (χ4n) is 2.03. The minimum absolute atomic E-state index is 0.326. The highest BCUT2D eigenvalue weighted by atomic mass is 32.2. The van der Waals surface area contributed by atoms with Gasteiger partial charge in [-0.25, -0.2) is 0 Å². The third-order valence-corrected chi connectivity index (χ3v) is 5.63. The van der Waals surface area contributed by atoms with E-state index in [9.17, 15) is 39.9 Å². The maximum Gasteiger partial charge on any atom is 0.301 e. The molecule has 0 heterocycles. The molecule has 0 radical (unpaired) electrons. The summed E-state index contributed by atoms with van der Waals surface area (Å²) in [6.45, 7) is 0. The summed E-state index contributed by atoms with van der Waals surface area (Å²) < 4.78 is 95.2. The van der Waals surface area contributed by atoms with Crippen molar-refractivity contribution in [2.24, 2.45) is 0 Å². The Labute approximate surface area is 140 Å². The minimum Gasteiger partial charge on any atom is -0.282 e. The normalized spacial score (nSPS) is 13.1. The molecular weight excluding hydrogens is 406 g/mol. The molecule has 136 valence electrons. The van der Waals surface area contributed by atoms with Gasteiger partial charge in [0.25, 0.3) is 25.9 Å². The zero-order chi connectivity index (χ0) is 19.4. The molecule has 2 rings (SSSR count). The zero-order valence-electron chi connectivity index (χ0n) is 11.6. The maximum atomic E-state index is 11.4.